The molecule has 0 saturated heterocycles. The smallest absolute Gasteiger partial charge is 0.353 e. The number of fused-ring (bicyclic) bond motifs is 1. The molecular weight excluding hydrogens is 427 g/mol. The summed E-state index contributed by atoms with van der Waals surface area (Å²) in [5, 5.41) is 9.54. The SMILES string of the molecule is CSSCCCCOP(=O)(O)COC(CO)Cn1cnc2c(N)nc(N)nc21. The highest BCUT2D eigenvalue weighted by molar-refractivity contribution is 8.76. The fourth-order valence-electron chi connectivity index (χ4n) is 2.29. The molecular formula is C14H25N6O5PS2. The molecule has 6 N–H and O–H groups in total. The van der Waals surface area contributed by atoms with Gasteiger partial charge in [-0.15, -0.1) is 0 Å². The molecule has 11 nitrogen and oxygen atoms in total. The number of imidazole rings is 1. The number of nitrogens with zero attached hydrogens (tertiary/aromatic N) is 4. The molecule has 0 radical (unpaired) electrons. The minimum atomic E-state index is -3.90. The Balaban J connectivity index is 1.86. The van der Waals surface area contributed by atoms with Gasteiger partial charge in [-0.05, 0) is 19.1 Å². The summed E-state index contributed by atoms with van der Waals surface area (Å²) in [6, 6.07) is 0. The number of hydrogen-bond donors (Lipinski definition) is 4. The van der Waals surface area contributed by atoms with Crippen molar-refractivity contribution in [1.82, 2.24) is 19.5 Å². The average molecular weight is 452 g/mol. The number of ether oxygens (including phenoxy) is 1. The van der Waals surface area contributed by atoms with Crippen LogP contribution in [0.5, 0.6) is 0 Å². The second-order valence-electron chi connectivity index (χ2n) is 5.80. The molecule has 0 bridgehead atoms. The zero-order chi connectivity index (χ0) is 20.6. The molecule has 2 aromatic rings. The molecule has 28 heavy (non-hydrogen) atoms. The number of aliphatic hydroxyl groups excluding tert-OH is 1. The van der Waals surface area contributed by atoms with E-state index in [1.807, 2.05) is 6.26 Å². The molecule has 2 rings (SSSR count). The quantitative estimate of drug-likeness (QED) is 0.195. The van der Waals surface area contributed by atoms with E-state index in [0.717, 1.165) is 12.2 Å². The molecule has 0 aliphatic carbocycles. The highest BCUT2D eigenvalue weighted by atomic mass is 33.1. The summed E-state index contributed by atoms with van der Waals surface area (Å²) in [6.45, 7) is -0.0616. The van der Waals surface area contributed by atoms with Gasteiger partial charge in [0.1, 0.15) is 11.9 Å². The van der Waals surface area contributed by atoms with E-state index < -0.39 is 20.0 Å². The molecule has 0 fully saturated rings. The minimum Gasteiger partial charge on any atom is -0.394 e. The molecule has 2 unspecified atom stereocenters. The van der Waals surface area contributed by atoms with Crippen LogP contribution in [-0.2, 0) is 20.4 Å². The third-order valence-corrected chi connectivity index (χ3v) is 6.58. The van der Waals surface area contributed by atoms with Crippen LogP contribution in [-0.4, -0.2) is 67.2 Å². The van der Waals surface area contributed by atoms with E-state index in [9.17, 15) is 14.6 Å². The van der Waals surface area contributed by atoms with Crippen LogP contribution in [0.2, 0.25) is 0 Å². The fraction of sp³-hybridized carbons (Fsp3) is 0.643. The summed E-state index contributed by atoms with van der Waals surface area (Å²) in [4.78, 5) is 21.9. The molecule has 0 spiro atoms. The number of anilines is 2. The number of nitrogens with two attached hydrogens (primary N) is 2. The summed E-state index contributed by atoms with van der Waals surface area (Å²) in [5.74, 6) is 1.10. The van der Waals surface area contributed by atoms with Gasteiger partial charge in [-0.25, -0.2) is 4.98 Å². The largest absolute Gasteiger partial charge is 0.394 e. The minimum absolute atomic E-state index is 0.00240. The van der Waals surface area contributed by atoms with Gasteiger partial charge in [0.25, 0.3) is 0 Å². The fourth-order valence-corrected chi connectivity index (χ4v) is 4.52. The van der Waals surface area contributed by atoms with Gasteiger partial charge in [0.05, 0.1) is 32.2 Å². The van der Waals surface area contributed by atoms with Gasteiger partial charge < -0.3 is 35.3 Å². The van der Waals surface area contributed by atoms with E-state index in [1.54, 1.807) is 26.2 Å². The lowest BCUT2D eigenvalue weighted by Crippen LogP contribution is -2.25. The van der Waals surface area contributed by atoms with Crippen LogP contribution < -0.4 is 11.5 Å². The third-order valence-electron chi connectivity index (χ3n) is 3.62. The maximum absolute atomic E-state index is 12.1. The number of nitrogen functional groups attached to an aromatic ring is 2. The first kappa shape index (κ1) is 23.2. The summed E-state index contributed by atoms with van der Waals surface area (Å²) in [5.41, 5.74) is 12.1. The first-order valence-electron chi connectivity index (χ1n) is 8.44. The Kier molecular flexibility index (Phi) is 9.28. The van der Waals surface area contributed by atoms with Crippen LogP contribution in [0, 0.1) is 0 Å². The molecule has 0 aliphatic rings. The normalized spacial score (nSPS) is 15.0. The summed E-state index contributed by atoms with van der Waals surface area (Å²) < 4.78 is 24.1. The predicted molar refractivity (Wildman–Crippen MR) is 112 cm³/mol. The monoisotopic (exact) mass is 452 g/mol. The Bertz CT molecular complexity index is 810. The second-order valence-corrected chi connectivity index (χ2v) is 10.3. The number of rotatable bonds is 13. The van der Waals surface area contributed by atoms with E-state index in [2.05, 4.69) is 15.0 Å². The van der Waals surface area contributed by atoms with Crippen molar-refractivity contribution in [3.8, 4) is 0 Å². The van der Waals surface area contributed by atoms with Crippen LogP contribution in [0.15, 0.2) is 6.33 Å². The van der Waals surface area contributed by atoms with Crippen LogP contribution >= 0.6 is 29.2 Å². The van der Waals surface area contributed by atoms with Crippen molar-refractivity contribution in [2.75, 3.05) is 43.0 Å². The van der Waals surface area contributed by atoms with E-state index >= 15 is 0 Å². The number of hydrogen-bond acceptors (Lipinski definition) is 11. The van der Waals surface area contributed by atoms with Crippen molar-refractivity contribution in [3.63, 3.8) is 0 Å². The highest BCUT2D eigenvalue weighted by Gasteiger charge is 2.23. The molecule has 14 heteroatoms. The van der Waals surface area contributed by atoms with Crippen molar-refractivity contribution in [2.45, 2.75) is 25.5 Å². The van der Waals surface area contributed by atoms with Gasteiger partial charge >= 0.3 is 7.60 Å². The predicted octanol–water partition coefficient (Wildman–Crippen LogP) is 1.32. The Hall–Kier alpha value is -1.08. The van der Waals surface area contributed by atoms with Gasteiger partial charge in [-0.3, -0.25) is 4.57 Å². The van der Waals surface area contributed by atoms with Crippen molar-refractivity contribution in [3.05, 3.63) is 6.33 Å². The first-order valence-corrected chi connectivity index (χ1v) is 12.9. The molecule has 2 aromatic heterocycles. The average Bonchev–Trinajstić information content (AvgIpc) is 3.04. The maximum atomic E-state index is 12.1. The van der Waals surface area contributed by atoms with Gasteiger partial charge in [0, 0.05) is 5.75 Å². The Labute approximate surface area is 170 Å². The van der Waals surface area contributed by atoms with Crippen LogP contribution in [0.1, 0.15) is 12.8 Å². The van der Waals surface area contributed by atoms with E-state index in [-0.39, 0.29) is 31.5 Å². The highest BCUT2D eigenvalue weighted by Crippen LogP contribution is 2.42. The van der Waals surface area contributed by atoms with Crippen molar-refractivity contribution >= 4 is 52.1 Å². The van der Waals surface area contributed by atoms with Crippen LogP contribution in [0.3, 0.4) is 0 Å². The van der Waals surface area contributed by atoms with Gasteiger partial charge in [-0.2, -0.15) is 9.97 Å². The summed E-state index contributed by atoms with van der Waals surface area (Å²) >= 11 is 0. The number of unbranched alkanes of at least 4 members (excludes halogenated alkanes) is 1. The molecule has 2 atom stereocenters. The van der Waals surface area contributed by atoms with Crippen molar-refractivity contribution in [1.29, 1.82) is 0 Å². The maximum Gasteiger partial charge on any atom is 0.353 e. The van der Waals surface area contributed by atoms with Crippen molar-refractivity contribution < 1.29 is 23.8 Å². The first-order chi connectivity index (χ1) is 13.4. The Morgan fingerprint density at radius 2 is 2.14 bits per heavy atom. The summed E-state index contributed by atoms with van der Waals surface area (Å²) in [6.07, 6.45) is 3.75. The third kappa shape index (κ3) is 7.07. The van der Waals surface area contributed by atoms with Crippen LogP contribution in [0.4, 0.5) is 11.8 Å². The zero-order valence-corrected chi connectivity index (χ0v) is 18.0. The van der Waals surface area contributed by atoms with Crippen molar-refractivity contribution in [2.24, 2.45) is 0 Å². The topological polar surface area (TPSA) is 172 Å². The standard InChI is InChI=1S/C14H25N6O5PS2/c1-27-28-5-3-2-4-25-26(22,23)9-24-10(7-21)6-20-8-17-11-12(15)18-14(16)19-13(11)20/h8,10,21H,2-7,9H2,1H3,(H,22,23)(H4,15,16,18,19). The molecule has 2 heterocycles. The lowest BCUT2D eigenvalue weighted by Gasteiger charge is -2.19. The van der Waals surface area contributed by atoms with E-state index in [4.69, 9.17) is 20.7 Å². The molecule has 0 saturated carbocycles. The van der Waals surface area contributed by atoms with E-state index in [1.165, 1.54) is 6.33 Å². The molecule has 0 amide bonds. The molecule has 0 aliphatic heterocycles. The Morgan fingerprint density at radius 3 is 2.86 bits per heavy atom. The molecule has 0 aromatic carbocycles. The zero-order valence-electron chi connectivity index (χ0n) is 15.4. The van der Waals surface area contributed by atoms with Gasteiger partial charge in [0.15, 0.2) is 11.5 Å². The molecule has 158 valence electrons. The number of aromatic nitrogens is 4. The lowest BCUT2D eigenvalue weighted by atomic mass is 10.3. The van der Waals surface area contributed by atoms with Gasteiger partial charge in [-0.1, -0.05) is 21.6 Å². The summed E-state index contributed by atoms with van der Waals surface area (Å²) in [7, 11) is -0.490. The Morgan fingerprint density at radius 1 is 1.36 bits per heavy atom. The number of aliphatic hydroxyl groups is 1. The second kappa shape index (κ2) is 11.2. The lowest BCUT2D eigenvalue weighted by molar-refractivity contribution is 0.0180. The van der Waals surface area contributed by atoms with Crippen LogP contribution in [0.25, 0.3) is 11.2 Å². The van der Waals surface area contributed by atoms with E-state index in [0.29, 0.717) is 17.6 Å². The van der Waals surface area contributed by atoms with Gasteiger partial charge in [0.2, 0.25) is 5.95 Å².